The Labute approximate surface area is 199 Å². The molecule has 0 radical (unpaired) electrons. The normalized spacial score (nSPS) is 12.1. The molecule has 5 N–H and O–H groups in total. The smallest absolute Gasteiger partial charge is 0.211 e. The Hall–Kier alpha value is -4.05. The minimum atomic E-state index is -1.66. The van der Waals surface area contributed by atoms with Crippen LogP contribution in [0, 0.1) is 0 Å². The number of nitrogens with one attached hydrogen (secondary N) is 1. The fourth-order valence-electron chi connectivity index (χ4n) is 3.40. The summed E-state index contributed by atoms with van der Waals surface area (Å²) in [6, 6.07) is 14.8. The summed E-state index contributed by atoms with van der Waals surface area (Å²) in [5, 5.41) is 20.9. The van der Waals surface area contributed by atoms with Crippen molar-refractivity contribution in [2.45, 2.75) is 12.2 Å². The number of carbonyl (C=O) groups excluding carboxylic acids is 1. The van der Waals surface area contributed by atoms with Gasteiger partial charge in [0.05, 0.1) is 11.3 Å². The number of hydrogen-bond donors (Lipinski definition) is 4. The van der Waals surface area contributed by atoms with Crippen molar-refractivity contribution >= 4 is 40.6 Å². The molecular weight excluding hydrogens is 456 g/mol. The highest BCUT2D eigenvalue weighted by Gasteiger charge is 2.18. The van der Waals surface area contributed by atoms with Crippen LogP contribution in [0.2, 0.25) is 0 Å². The topological polar surface area (TPSA) is 139 Å². The summed E-state index contributed by atoms with van der Waals surface area (Å²) in [6.45, 7) is 0. The lowest BCUT2D eigenvalue weighted by molar-refractivity contribution is -0.108. The Bertz CT molecular complexity index is 1380. The van der Waals surface area contributed by atoms with Crippen molar-refractivity contribution in [1.29, 1.82) is 0 Å². The molecule has 0 saturated carbocycles. The average Bonchev–Trinajstić information content (AvgIpc) is 3.22. The van der Waals surface area contributed by atoms with E-state index < -0.39 is 6.29 Å². The third kappa shape index (κ3) is 4.81. The lowest BCUT2D eigenvalue weighted by Crippen LogP contribution is -2.04. The molecular formula is C24H21ClN6O3. The monoisotopic (exact) mass is 476 g/mol. The van der Waals surface area contributed by atoms with Gasteiger partial charge < -0.3 is 21.3 Å². The number of aromatic nitrogens is 4. The number of aliphatic hydroxyl groups excluding tert-OH is 1. The first-order valence-corrected chi connectivity index (χ1v) is 10.8. The van der Waals surface area contributed by atoms with Gasteiger partial charge in [0.25, 0.3) is 0 Å². The number of fused-ring (bicyclic) bond motifs is 1. The molecule has 1 amide bonds. The van der Waals surface area contributed by atoms with E-state index in [0.717, 1.165) is 17.3 Å². The van der Waals surface area contributed by atoms with Crippen LogP contribution >= 0.6 is 11.6 Å². The molecule has 0 aliphatic heterocycles. The van der Waals surface area contributed by atoms with Crippen LogP contribution in [0.4, 0.5) is 5.82 Å². The number of imidazole rings is 1. The molecule has 34 heavy (non-hydrogen) atoms. The Morgan fingerprint density at radius 3 is 2.62 bits per heavy atom. The molecule has 4 aromatic rings. The highest BCUT2D eigenvalue weighted by Crippen LogP contribution is 2.31. The van der Waals surface area contributed by atoms with Crippen molar-refractivity contribution in [3.8, 4) is 17.1 Å². The number of halogens is 1. The fourth-order valence-corrected chi connectivity index (χ4v) is 3.58. The predicted molar refractivity (Wildman–Crippen MR) is 131 cm³/mol. The van der Waals surface area contributed by atoms with E-state index in [1.54, 1.807) is 24.4 Å². The summed E-state index contributed by atoms with van der Waals surface area (Å²) in [6.07, 6.45) is 4.48. The number of pyridine rings is 2. The second-order valence-corrected chi connectivity index (χ2v) is 7.47. The second-order valence-electron chi connectivity index (χ2n) is 7.20. The number of carbonyl (C=O) groups is 1. The number of rotatable bonds is 8. The number of benzene rings is 1. The molecule has 0 fully saturated rings. The zero-order valence-corrected chi connectivity index (χ0v) is 18.6. The average molecular weight is 477 g/mol. The van der Waals surface area contributed by atoms with Crippen molar-refractivity contribution in [2.75, 3.05) is 5.73 Å². The number of amides is 1. The second kappa shape index (κ2) is 10.3. The third-order valence-electron chi connectivity index (χ3n) is 4.98. The van der Waals surface area contributed by atoms with E-state index in [-0.39, 0.29) is 0 Å². The van der Waals surface area contributed by atoms with E-state index in [0.29, 0.717) is 51.9 Å². The third-order valence-corrected chi connectivity index (χ3v) is 5.29. The molecule has 0 unspecified atom stereocenters. The van der Waals surface area contributed by atoms with Gasteiger partial charge in [-0.1, -0.05) is 18.2 Å². The van der Waals surface area contributed by atoms with E-state index >= 15 is 0 Å². The lowest BCUT2D eigenvalue weighted by Gasteiger charge is -2.11. The van der Waals surface area contributed by atoms with Crippen LogP contribution in [0.3, 0.4) is 0 Å². The minimum absolute atomic E-state index is 0.326. The van der Waals surface area contributed by atoms with E-state index in [1.165, 1.54) is 12.3 Å². The van der Waals surface area contributed by atoms with Gasteiger partial charge in [0.1, 0.15) is 11.3 Å². The molecule has 3 aromatic heterocycles. The van der Waals surface area contributed by atoms with Gasteiger partial charge in [-0.3, -0.25) is 9.36 Å². The van der Waals surface area contributed by atoms with E-state index in [1.807, 2.05) is 34.9 Å². The van der Waals surface area contributed by atoms with Gasteiger partial charge in [0.15, 0.2) is 17.8 Å². The first kappa shape index (κ1) is 23.1. The van der Waals surface area contributed by atoms with Crippen LogP contribution in [0.5, 0.6) is 0 Å². The molecule has 10 heteroatoms. The molecule has 0 spiro atoms. The van der Waals surface area contributed by atoms with Crippen molar-refractivity contribution in [1.82, 2.24) is 24.8 Å². The Morgan fingerprint density at radius 1 is 1.15 bits per heavy atom. The minimum Gasteiger partial charge on any atom is -0.383 e. The van der Waals surface area contributed by atoms with Crippen molar-refractivity contribution in [2.24, 2.45) is 0 Å². The summed E-state index contributed by atoms with van der Waals surface area (Å²) >= 11 is 5.96. The van der Waals surface area contributed by atoms with Gasteiger partial charge in [-0.25, -0.2) is 15.0 Å². The number of alkyl halides is 1. The maximum Gasteiger partial charge on any atom is 0.211 e. The van der Waals surface area contributed by atoms with E-state index in [4.69, 9.17) is 27.3 Å². The maximum atomic E-state index is 10.8. The molecule has 9 nitrogen and oxygen atoms in total. The van der Waals surface area contributed by atoms with Crippen LogP contribution in [0.15, 0.2) is 73.1 Å². The molecule has 0 atom stereocenters. The molecule has 3 heterocycles. The number of nitrogens with two attached hydrogens (primary N) is 1. The molecule has 0 saturated heterocycles. The number of aliphatic hydroxyl groups is 2. The summed E-state index contributed by atoms with van der Waals surface area (Å²) in [7, 11) is 0. The predicted octanol–water partition coefficient (Wildman–Crippen LogP) is 2.76. The number of nitrogens with zero attached hydrogens (tertiary/aromatic N) is 4. The molecule has 0 aliphatic rings. The summed E-state index contributed by atoms with van der Waals surface area (Å²) in [4.78, 5) is 24.6. The Kier molecular flexibility index (Phi) is 6.98. The van der Waals surface area contributed by atoms with Gasteiger partial charge in [-0.05, 0) is 48.0 Å². The highest BCUT2D eigenvalue weighted by atomic mass is 35.5. The SMILES string of the molecule is Nc1ncccc1-c1nc2ccc(C(/C=C\C(O)O)=C/NC=O)nc2n1-c1ccc(CCl)cc1. The van der Waals surface area contributed by atoms with Crippen LogP contribution in [0.1, 0.15) is 11.3 Å². The van der Waals surface area contributed by atoms with Crippen LogP contribution in [-0.2, 0) is 10.7 Å². The van der Waals surface area contributed by atoms with Crippen molar-refractivity contribution in [3.63, 3.8) is 0 Å². The molecule has 0 aliphatic carbocycles. The zero-order chi connectivity index (χ0) is 24.1. The van der Waals surface area contributed by atoms with E-state index in [2.05, 4.69) is 10.3 Å². The largest absolute Gasteiger partial charge is 0.383 e. The molecule has 0 bridgehead atoms. The number of nitrogen functional groups attached to an aromatic ring is 1. The number of allylic oxidation sites excluding steroid dienone is 2. The van der Waals surface area contributed by atoms with Gasteiger partial charge in [0.2, 0.25) is 6.41 Å². The summed E-state index contributed by atoms with van der Waals surface area (Å²) in [5.41, 5.74) is 10.6. The zero-order valence-electron chi connectivity index (χ0n) is 17.8. The molecule has 172 valence electrons. The van der Waals surface area contributed by atoms with Crippen molar-refractivity contribution < 1.29 is 15.0 Å². The highest BCUT2D eigenvalue weighted by molar-refractivity contribution is 6.17. The van der Waals surface area contributed by atoms with Gasteiger partial charge >= 0.3 is 0 Å². The Morgan fingerprint density at radius 2 is 1.94 bits per heavy atom. The van der Waals surface area contributed by atoms with Gasteiger partial charge in [-0.2, -0.15) is 0 Å². The molecule has 1 aromatic carbocycles. The molecule has 4 rings (SSSR count). The lowest BCUT2D eigenvalue weighted by atomic mass is 10.1. The first-order chi connectivity index (χ1) is 16.5. The van der Waals surface area contributed by atoms with E-state index in [9.17, 15) is 15.0 Å². The fraction of sp³-hybridized carbons (Fsp3) is 0.0833. The number of anilines is 1. The first-order valence-electron chi connectivity index (χ1n) is 10.2. The Balaban J connectivity index is 1.96. The summed E-state index contributed by atoms with van der Waals surface area (Å²) in [5.74, 6) is 1.27. The van der Waals surface area contributed by atoms with Crippen molar-refractivity contribution in [3.05, 3.63) is 84.3 Å². The van der Waals surface area contributed by atoms with Gasteiger partial charge in [-0.15, -0.1) is 11.6 Å². The quantitative estimate of drug-likeness (QED) is 0.133. The standard InChI is InChI=1S/C24H21ClN6O3/c25-12-15-3-6-17(7-4-15)31-23(18-2-1-11-28-22(18)26)30-20-9-8-19(29-24(20)31)16(13-27-14-32)5-10-21(33)34/h1-11,13-14,21,33-34H,12H2,(H2,26,28)(H,27,32)/b10-5-,16-13+. The summed E-state index contributed by atoms with van der Waals surface area (Å²) < 4.78 is 1.86. The van der Waals surface area contributed by atoms with Crippen LogP contribution in [0.25, 0.3) is 33.8 Å². The maximum absolute atomic E-state index is 10.8. The van der Waals surface area contributed by atoms with Crippen LogP contribution < -0.4 is 11.1 Å². The van der Waals surface area contributed by atoms with Gasteiger partial charge in [0, 0.05) is 29.5 Å². The van der Waals surface area contributed by atoms with Crippen LogP contribution in [-0.4, -0.2) is 42.4 Å². The number of hydrogen-bond acceptors (Lipinski definition) is 7.